The van der Waals surface area contributed by atoms with Gasteiger partial charge in [0.2, 0.25) is 17.7 Å². The van der Waals surface area contributed by atoms with Gasteiger partial charge in [-0.3, -0.25) is 19.2 Å². The first-order chi connectivity index (χ1) is 17.8. The third-order valence-corrected chi connectivity index (χ3v) is 7.61. The molecule has 1 aromatic carbocycles. The Morgan fingerprint density at radius 3 is 2.49 bits per heavy atom. The van der Waals surface area contributed by atoms with Gasteiger partial charge in [0.25, 0.3) is 5.91 Å². The van der Waals surface area contributed by atoms with E-state index in [1.54, 1.807) is 53.0 Å². The van der Waals surface area contributed by atoms with Gasteiger partial charge in [-0.25, -0.2) is 4.98 Å². The second kappa shape index (κ2) is 11.6. The van der Waals surface area contributed by atoms with Gasteiger partial charge in [-0.05, 0) is 24.3 Å². The number of benzene rings is 1. The molecule has 0 spiro atoms. The third-order valence-electron chi connectivity index (χ3n) is 7.61. The van der Waals surface area contributed by atoms with E-state index < -0.39 is 12.0 Å². The number of piperidine rings is 1. The lowest BCUT2D eigenvalue weighted by Crippen LogP contribution is -2.50. The Bertz CT molecular complexity index is 1130. The van der Waals surface area contributed by atoms with Gasteiger partial charge in [0.1, 0.15) is 6.04 Å². The lowest BCUT2D eigenvalue weighted by atomic mass is 9.90. The second-order valence-electron chi connectivity index (χ2n) is 9.94. The Hall–Kier alpha value is -3.69. The molecule has 0 bridgehead atoms. The summed E-state index contributed by atoms with van der Waals surface area (Å²) in [5, 5.41) is 5.51. The SMILES string of the molecule is CC[C@@H]1CN(C(=O)c2nccn2C)C[C@H]1C(=O)N1CCC[C@@H](C(=O)N[C@H](C(=O)NC)c2ccccc2)C1. The number of rotatable bonds is 7. The van der Waals surface area contributed by atoms with E-state index >= 15 is 0 Å². The zero-order chi connectivity index (χ0) is 26.5. The summed E-state index contributed by atoms with van der Waals surface area (Å²) in [5.74, 6) is -0.996. The molecule has 2 aliphatic heterocycles. The van der Waals surface area contributed by atoms with Crippen molar-refractivity contribution < 1.29 is 19.2 Å². The first-order valence-corrected chi connectivity index (χ1v) is 13.0. The van der Waals surface area contributed by atoms with Crippen LogP contribution in [-0.2, 0) is 21.4 Å². The summed E-state index contributed by atoms with van der Waals surface area (Å²) < 4.78 is 1.69. The summed E-state index contributed by atoms with van der Waals surface area (Å²) in [6.45, 7) is 3.79. The number of aryl methyl sites for hydroxylation is 1. The Balaban J connectivity index is 1.42. The van der Waals surface area contributed by atoms with Gasteiger partial charge in [0.05, 0.1) is 11.8 Å². The molecule has 0 unspecified atom stereocenters. The van der Waals surface area contributed by atoms with Crippen LogP contribution in [0.1, 0.15) is 48.4 Å². The molecule has 0 aliphatic carbocycles. The summed E-state index contributed by atoms with van der Waals surface area (Å²) in [7, 11) is 3.32. The fraction of sp³-hybridized carbons (Fsp3) is 0.519. The fourth-order valence-corrected chi connectivity index (χ4v) is 5.42. The Labute approximate surface area is 217 Å². The van der Waals surface area contributed by atoms with Crippen LogP contribution in [0.25, 0.3) is 0 Å². The van der Waals surface area contributed by atoms with E-state index in [9.17, 15) is 19.2 Å². The number of likely N-dealkylation sites (tertiary alicyclic amines) is 2. The fourth-order valence-electron chi connectivity index (χ4n) is 5.42. The minimum absolute atomic E-state index is 0.00889. The highest BCUT2D eigenvalue weighted by Crippen LogP contribution is 2.30. The first kappa shape index (κ1) is 26.4. The van der Waals surface area contributed by atoms with Crippen molar-refractivity contribution in [3.05, 3.63) is 54.1 Å². The van der Waals surface area contributed by atoms with Crippen molar-refractivity contribution in [3.8, 4) is 0 Å². The maximum atomic E-state index is 13.6. The molecule has 4 rings (SSSR count). The molecule has 2 saturated heterocycles. The monoisotopic (exact) mass is 508 g/mol. The van der Waals surface area contributed by atoms with Crippen molar-refractivity contribution >= 4 is 23.6 Å². The molecule has 1 aromatic heterocycles. The first-order valence-electron chi connectivity index (χ1n) is 13.0. The molecule has 4 amide bonds. The molecule has 10 nitrogen and oxygen atoms in total. The van der Waals surface area contributed by atoms with Crippen LogP contribution in [0.5, 0.6) is 0 Å². The molecule has 10 heteroatoms. The van der Waals surface area contributed by atoms with Crippen molar-refractivity contribution in [1.29, 1.82) is 0 Å². The second-order valence-corrected chi connectivity index (χ2v) is 9.94. The van der Waals surface area contributed by atoms with E-state index in [1.165, 1.54) is 0 Å². The molecule has 2 fully saturated rings. The van der Waals surface area contributed by atoms with Gasteiger partial charge in [-0.2, -0.15) is 0 Å². The number of carbonyl (C=O) groups excluding carboxylic acids is 4. The number of imidazole rings is 1. The molecule has 2 aromatic rings. The van der Waals surface area contributed by atoms with Crippen LogP contribution >= 0.6 is 0 Å². The minimum atomic E-state index is -0.797. The molecule has 0 saturated carbocycles. The lowest BCUT2D eigenvalue weighted by molar-refractivity contribution is -0.140. The van der Waals surface area contributed by atoms with Gasteiger partial charge in [0, 0.05) is 52.7 Å². The molecular weight excluding hydrogens is 472 g/mol. The highest BCUT2D eigenvalue weighted by Gasteiger charge is 2.42. The Kier molecular flexibility index (Phi) is 8.25. The van der Waals surface area contributed by atoms with E-state index in [2.05, 4.69) is 15.6 Å². The quantitative estimate of drug-likeness (QED) is 0.586. The summed E-state index contributed by atoms with van der Waals surface area (Å²) >= 11 is 0. The van der Waals surface area contributed by atoms with Gasteiger partial charge >= 0.3 is 0 Å². The Morgan fingerprint density at radius 1 is 1.08 bits per heavy atom. The van der Waals surface area contributed by atoms with Gasteiger partial charge in [0.15, 0.2) is 5.82 Å². The largest absolute Gasteiger partial charge is 0.357 e. The predicted octanol–water partition coefficient (Wildman–Crippen LogP) is 1.36. The minimum Gasteiger partial charge on any atom is -0.357 e. The number of hydrogen-bond donors (Lipinski definition) is 2. The maximum Gasteiger partial charge on any atom is 0.289 e. The highest BCUT2D eigenvalue weighted by molar-refractivity contribution is 5.92. The maximum absolute atomic E-state index is 13.6. The molecule has 3 heterocycles. The number of amides is 4. The van der Waals surface area contributed by atoms with Crippen LogP contribution in [0, 0.1) is 17.8 Å². The van der Waals surface area contributed by atoms with Crippen molar-refractivity contribution in [2.24, 2.45) is 24.8 Å². The van der Waals surface area contributed by atoms with E-state index in [0.29, 0.717) is 50.4 Å². The zero-order valence-electron chi connectivity index (χ0n) is 21.7. The normalized spacial score (nSPS) is 22.4. The number of aromatic nitrogens is 2. The number of nitrogens with zero attached hydrogens (tertiary/aromatic N) is 4. The van der Waals surface area contributed by atoms with Gasteiger partial charge < -0.3 is 25.0 Å². The van der Waals surface area contributed by atoms with Crippen LogP contribution < -0.4 is 10.6 Å². The molecule has 2 aliphatic rings. The summed E-state index contributed by atoms with van der Waals surface area (Å²) in [4.78, 5) is 60.0. The van der Waals surface area contributed by atoms with E-state index in [0.717, 1.165) is 6.42 Å². The van der Waals surface area contributed by atoms with Crippen LogP contribution in [0.2, 0.25) is 0 Å². The smallest absolute Gasteiger partial charge is 0.289 e. The molecule has 0 radical (unpaired) electrons. The lowest BCUT2D eigenvalue weighted by Gasteiger charge is -2.35. The average molecular weight is 509 g/mol. The predicted molar refractivity (Wildman–Crippen MR) is 137 cm³/mol. The van der Waals surface area contributed by atoms with Gasteiger partial charge in [-0.1, -0.05) is 43.7 Å². The average Bonchev–Trinajstić information content (AvgIpc) is 3.57. The standard InChI is InChI=1S/C27H36N6O4/c1-4-18-15-33(27(37)23-29-12-14-31(23)3)17-21(18)26(36)32-13-8-11-20(16-32)24(34)30-22(25(35)28-2)19-9-6-5-7-10-19/h5-7,9-10,12,14,18,20-22H,4,8,11,13,15-17H2,1-3H3,(H,28,35)(H,30,34)/t18-,20-,21-,22+/m1/s1. The van der Waals surface area contributed by atoms with E-state index in [-0.39, 0.29) is 35.5 Å². The van der Waals surface area contributed by atoms with Crippen molar-refractivity contribution in [3.63, 3.8) is 0 Å². The van der Waals surface area contributed by atoms with Gasteiger partial charge in [-0.15, -0.1) is 0 Å². The highest BCUT2D eigenvalue weighted by atomic mass is 16.2. The van der Waals surface area contributed by atoms with Crippen molar-refractivity contribution in [2.45, 2.75) is 32.2 Å². The van der Waals surface area contributed by atoms with Crippen LogP contribution in [0.4, 0.5) is 0 Å². The molecule has 4 atom stereocenters. The Morgan fingerprint density at radius 2 is 1.84 bits per heavy atom. The number of likely N-dealkylation sites (N-methyl/N-ethyl adjacent to an activating group) is 1. The molecule has 198 valence electrons. The van der Waals surface area contributed by atoms with Crippen LogP contribution in [-0.4, -0.2) is 76.2 Å². The van der Waals surface area contributed by atoms with E-state index in [1.807, 2.05) is 25.1 Å². The number of nitrogens with one attached hydrogen (secondary N) is 2. The van der Waals surface area contributed by atoms with E-state index in [4.69, 9.17) is 0 Å². The number of hydrogen-bond acceptors (Lipinski definition) is 5. The van der Waals surface area contributed by atoms with Crippen LogP contribution in [0.3, 0.4) is 0 Å². The van der Waals surface area contributed by atoms with Crippen LogP contribution in [0.15, 0.2) is 42.7 Å². The topological polar surface area (TPSA) is 117 Å². The molecular formula is C27H36N6O4. The molecule has 2 N–H and O–H groups in total. The zero-order valence-corrected chi connectivity index (χ0v) is 21.7. The third kappa shape index (κ3) is 5.68. The molecule has 37 heavy (non-hydrogen) atoms. The number of carbonyl (C=O) groups is 4. The van der Waals surface area contributed by atoms with Crippen molar-refractivity contribution in [2.75, 3.05) is 33.2 Å². The van der Waals surface area contributed by atoms with Crippen molar-refractivity contribution in [1.82, 2.24) is 30.0 Å². The summed E-state index contributed by atoms with van der Waals surface area (Å²) in [5.41, 5.74) is 0.702. The summed E-state index contributed by atoms with van der Waals surface area (Å²) in [6.07, 6.45) is 5.46. The summed E-state index contributed by atoms with van der Waals surface area (Å²) in [6, 6.07) is 8.32.